The highest BCUT2D eigenvalue weighted by molar-refractivity contribution is 7.91. The second-order valence-corrected chi connectivity index (χ2v) is 8.41. The summed E-state index contributed by atoms with van der Waals surface area (Å²) in [6.07, 6.45) is 1.73. The number of hydrogen-bond acceptors (Lipinski definition) is 3. The SMILES string of the molecule is CC(C)(C)c1ccc(S(=O)(=O)CCCCCC(=O)O)cc1. The molecule has 4 nitrogen and oxygen atoms in total. The van der Waals surface area contributed by atoms with Crippen LogP contribution in [0.25, 0.3) is 0 Å². The molecule has 0 aliphatic rings. The van der Waals surface area contributed by atoms with Gasteiger partial charge in [-0.1, -0.05) is 39.3 Å². The molecule has 0 saturated carbocycles. The van der Waals surface area contributed by atoms with Crippen LogP contribution in [0.1, 0.15) is 52.0 Å². The van der Waals surface area contributed by atoms with Gasteiger partial charge in [0.15, 0.2) is 9.84 Å². The Hall–Kier alpha value is -1.36. The van der Waals surface area contributed by atoms with E-state index in [1.807, 2.05) is 12.1 Å². The highest BCUT2D eigenvalue weighted by atomic mass is 32.2. The monoisotopic (exact) mass is 312 g/mol. The van der Waals surface area contributed by atoms with Gasteiger partial charge in [-0.05, 0) is 36.0 Å². The molecular weight excluding hydrogens is 288 g/mol. The Kier molecular flexibility index (Phi) is 5.96. The molecule has 0 aromatic heterocycles. The van der Waals surface area contributed by atoms with Crippen LogP contribution in [0, 0.1) is 0 Å². The Labute approximate surface area is 127 Å². The molecule has 0 aliphatic heterocycles. The molecule has 0 unspecified atom stereocenters. The van der Waals surface area contributed by atoms with Crippen LogP contribution in [0.2, 0.25) is 0 Å². The Morgan fingerprint density at radius 1 is 1.05 bits per heavy atom. The van der Waals surface area contributed by atoms with Gasteiger partial charge >= 0.3 is 5.97 Å². The van der Waals surface area contributed by atoms with Crippen molar-refractivity contribution < 1.29 is 18.3 Å². The zero-order valence-electron chi connectivity index (χ0n) is 12.9. The maximum absolute atomic E-state index is 12.2. The van der Waals surface area contributed by atoms with E-state index in [1.54, 1.807) is 12.1 Å². The standard InChI is InChI=1S/C16H24O4S/c1-16(2,3)13-8-10-14(11-9-13)21(19,20)12-6-4-5-7-15(17)18/h8-11H,4-7,12H2,1-3H3,(H,17,18). The fourth-order valence-electron chi connectivity index (χ4n) is 2.03. The summed E-state index contributed by atoms with van der Waals surface area (Å²) < 4.78 is 24.3. The predicted octanol–water partition coefficient (Wildman–Crippen LogP) is 3.40. The van der Waals surface area contributed by atoms with Gasteiger partial charge in [0, 0.05) is 6.42 Å². The van der Waals surface area contributed by atoms with Crippen molar-refractivity contribution in [3.63, 3.8) is 0 Å². The molecule has 0 atom stereocenters. The van der Waals surface area contributed by atoms with E-state index in [1.165, 1.54) is 0 Å². The number of aliphatic carboxylic acids is 1. The first-order valence-electron chi connectivity index (χ1n) is 7.18. The maximum Gasteiger partial charge on any atom is 0.303 e. The van der Waals surface area contributed by atoms with E-state index in [0.29, 0.717) is 24.2 Å². The summed E-state index contributed by atoms with van der Waals surface area (Å²) >= 11 is 0. The minimum atomic E-state index is -3.27. The Balaban J connectivity index is 2.60. The molecule has 0 spiro atoms. The zero-order chi connectivity index (χ0) is 16.1. The summed E-state index contributed by atoms with van der Waals surface area (Å²) in [5.74, 6) is -0.766. The number of sulfone groups is 1. The average molecular weight is 312 g/mol. The Morgan fingerprint density at radius 2 is 1.62 bits per heavy atom. The topological polar surface area (TPSA) is 71.4 Å². The van der Waals surface area contributed by atoms with Crippen molar-refractivity contribution in [2.75, 3.05) is 5.75 Å². The average Bonchev–Trinajstić information content (AvgIpc) is 2.37. The van der Waals surface area contributed by atoms with Gasteiger partial charge in [-0.25, -0.2) is 8.42 Å². The minimum absolute atomic E-state index is 0.000869. The van der Waals surface area contributed by atoms with E-state index < -0.39 is 15.8 Å². The van der Waals surface area contributed by atoms with Crippen molar-refractivity contribution in [2.24, 2.45) is 0 Å². The van der Waals surface area contributed by atoms with Crippen molar-refractivity contribution in [1.82, 2.24) is 0 Å². The lowest BCUT2D eigenvalue weighted by atomic mass is 9.87. The molecule has 1 aromatic carbocycles. The van der Waals surface area contributed by atoms with E-state index in [4.69, 9.17) is 5.11 Å². The molecule has 1 aromatic rings. The second kappa shape index (κ2) is 7.07. The van der Waals surface area contributed by atoms with Gasteiger partial charge in [0.25, 0.3) is 0 Å². The van der Waals surface area contributed by atoms with Crippen LogP contribution >= 0.6 is 0 Å². The third-order valence-electron chi connectivity index (χ3n) is 3.38. The van der Waals surface area contributed by atoms with Crippen LogP contribution in [0.5, 0.6) is 0 Å². The van der Waals surface area contributed by atoms with Gasteiger partial charge in [-0.2, -0.15) is 0 Å². The van der Waals surface area contributed by atoms with Crippen molar-refractivity contribution in [2.45, 2.75) is 56.8 Å². The molecule has 21 heavy (non-hydrogen) atoms. The fourth-order valence-corrected chi connectivity index (χ4v) is 3.40. The molecule has 1 rings (SSSR count). The lowest BCUT2D eigenvalue weighted by Gasteiger charge is -2.19. The normalized spacial score (nSPS) is 12.3. The molecule has 5 heteroatoms. The number of unbranched alkanes of at least 4 members (excludes halogenated alkanes) is 2. The lowest BCUT2D eigenvalue weighted by molar-refractivity contribution is -0.137. The van der Waals surface area contributed by atoms with E-state index in [-0.39, 0.29) is 17.6 Å². The Morgan fingerprint density at radius 3 is 2.10 bits per heavy atom. The molecule has 0 bridgehead atoms. The van der Waals surface area contributed by atoms with Crippen molar-refractivity contribution >= 4 is 15.8 Å². The minimum Gasteiger partial charge on any atom is -0.481 e. The predicted molar refractivity (Wildman–Crippen MR) is 83.3 cm³/mol. The molecule has 1 N–H and O–H groups in total. The highest BCUT2D eigenvalue weighted by Gasteiger charge is 2.17. The number of rotatable bonds is 7. The quantitative estimate of drug-likeness (QED) is 0.783. The van der Waals surface area contributed by atoms with Gasteiger partial charge < -0.3 is 5.11 Å². The third kappa shape index (κ3) is 5.87. The fraction of sp³-hybridized carbons (Fsp3) is 0.562. The number of hydrogen-bond donors (Lipinski definition) is 1. The van der Waals surface area contributed by atoms with Gasteiger partial charge in [-0.3, -0.25) is 4.79 Å². The van der Waals surface area contributed by atoms with Crippen LogP contribution in [0.15, 0.2) is 29.2 Å². The summed E-state index contributed by atoms with van der Waals surface area (Å²) in [5.41, 5.74) is 1.10. The van der Waals surface area contributed by atoms with Crippen LogP contribution in [0.3, 0.4) is 0 Å². The number of carbonyl (C=O) groups is 1. The number of benzene rings is 1. The van der Waals surface area contributed by atoms with Crippen molar-refractivity contribution in [3.05, 3.63) is 29.8 Å². The molecule has 0 aliphatic carbocycles. The largest absolute Gasteiger partial charge is 0.481 e. The molecule has 0 heterocycles. The zero-order valence-corrected chi connectivity index (χ0v) is 13.7. The highest BCUT2D eigenvalue weighted by Crippen LogP contribution is 2.24. The first kappa shape index (κ1) is 17.7. The molecule has 0 radical (unpaired) electrons. The summed E-state index contributed by atoms with van der Waals surface area (Å²) in [5, 5.41) is 8.52. The van der Waals surface area contributed by atoms with Crippen LogP contribution in [0.4, 0.5) is 0 Å². The molecule has 0 saturated heterocycles. The summed E-state index contributed by atoms with van der Waals surface area (Å²) in [4.78, 5) is 10.7. The van der Waals surface area contributed by atoms with Gasteiger partial charge in [0.2, 0.25) is 0 Å². The summed E-state index contributed by atoms with van der Waals surface area (Å²) in [7, 11) is -3.27. The molecular formula is C16H24O4S. The number of carboxylic acid groups (broad SMARTS) is 1. The Bertz CT molecular complexity index is 565. The second-order valence-electron chi connectivity index (χ2n) is 6.30. The first-order chi connectivity index (χ1) is 9.63. The van der Waals surface area contributed by atoms with Crippen molar-refractivity contribution in [3.8, 4) is 0 Å². The van der Waals surface area contributed by atoms with E-state index in [9.17, 15) is 13.2 Å². The lowest BCUT2D eigenvalue weighted by Crippen LogP contribution is -2.12. The van der Waals surface area contributed by atoms with E-state index in [0.717, 1.165) is 5.56 Å². The maximum atomic E-state index is 12.2. The van der Waals surface area contributed by atoms with Gasteiger partial charge in [0.1, 0.15) is 0 Å². The first-order valence-corrected chi connectivity index (χ1v) is 8.83. The van der Waals surface area contributed by atoms with Crippen LogP contribution in [-0.4, -0.2) is 25.2 Å². The summed E-state index contributed by atoms with van der Waals surface area (Å²) in [6.45, 7) is 6.25. The van der Waals surface area contributed by atoms with E-state index in [2.05, 4.69) is 20.8 Å². The summed E-state index contributed by atoms with van der Waals surface area (Å²) in [6, 6.07) is 7.04. The van der Waals surface area contributed by atoms with Crippen molar-refractivity contribution in [1.29, 1.82) is 0 Å². The molecule has 118 valence electrons. The molecule has 0 fully saturated rings. The van der Waals surface area contributed by atoms with E-state index >= 15 is 0 Å². The third-order valence-corrected chi connectivity index (χ3v) is 5.20. The smallest absolute Gasteiger partial charge is 0.303 e. The van der Waals surface area contributed by atoms with Gasteiger partial charge in [0.05, 0.1) is 10.6 Å². The van der Waals surface area contributed by atoms with Gasteiger partial charge in [-0.15, -0.1) is 0 Å². The molecule has 0 amide bonds. The van der Waals surface area contributed by atoms with Crippen LogP contribution < -0.4 is 0 Å². The van der Waals surface area contributed by atoms with Crippen LogP contribution in [-0.2, 0) is 20.0 Å². The number of carboxylic acids is 1.